The molecule has 0 spiro atoms. The molecular formula is C14H11BrO2. The third-order valence-corrected chi connectivity index (χ3v) is 3.20. The summed E-state index contributed by atoms with van der Waals surface area (Å²) in [5.74, 6) is -0.898. The molecule has 0 aliphatic carbocycles. The second-order valence-electron chi connectivity index (χ2n) is 3.68. The Balaban J connectivity index is 2.61. The van der Waals surface area contributed by atoms with Gasteiger partial charge in [-0.05, 0) is 28.8 Å². The predicted molar refractivity (Wildman–Crippen MR) is 71.5 cm³/mol. The molecule has 0 aliphatic rings. The van der Waals surface area contributed by atoms with Gasteiger partial charge in [0.05, 0.1) is 5.56 Å². The summed E-state index contributed by atoms with van der Waals surface area (Å²) in [6.45, 7) is 0. The highest BCUT2D eigenvalue weighted by Gasteiger charge is 2.11. The first-order valence-corrected chi connectivity index (χ1v) is 6.32. The van der Waals surface area contributed by atoms with Crippen LogP contribution in [0.2, 0.25) is 0 Å². The van der Waals surface area contributed by atoms with Crippen molar-refractivity contribution >= 4 is 21.9 Å². The van der Waals surface area contributed by atoms with Crippen LogP contribution in [0.5, 0.6) is 0 Å². The molecule has 0 aliphatic heterocycles. The van der Waals surface area contributed by atoms with Crippen molar-refractivity contribution in [3.05, 3.63) is 59.7 Å². The van der Waals surface area contributed by atoms with Gasteiger partial charge in [-0.3, -0.25) is 0 Å². The van der Waals surface area contributed by atoms with Crippen molar-refractivity contribution in [1.29, 1.82) is 0 Å². The molecule has 2 nitrogen and oxygen atoms in total. The van der Waals surface area contributed by atoms with Crippen molar-refractivity contribution in [2.24, 2.45) is 0 Å². The van der Waals surface area contributed by atoms with E-state index < -0.39 is 5.97 Å². The predicted octanol–water partition coefficient (Wildman–Crippen LogP) is 3.95. The van der Waals surface area contributed by atoms with Crippen LogP contribution in [0, 0.1) is 0 Å². The molecule has 0 heterocycles. The molecule has 0 unspecified atom stereocenters. The molecule has 0 amide bonds. The van der Waals surface area contributed by atoms with Gasteiger partial charge in [0.1, 0.15) is 0 Å². The van der Waals surface area contributed by atoms with Gasteiger partial charge in [-0.25, -0.2) is 4.79 Å². The molecular weight excluding hydrogens is 280 g/mol. The number of hydrogen-bond donors (Lipinski definition) is 1. The van der Waals surface area contributed by atoms with Crippen LogP contribution in [0.4, 0.5) is 0 Å². The van der Waals surface area contributed by atoms with E-state index in [0.717, 1.165) is 16.7 Å². The summed E-state index contributed by atoms with van der Waals surface area (Å²) in [4.78, 5) is 11.2. The van der Waals surface area contributed by atoms with Crippen LogP contribution in [0.1, 0.15) is 15.9 Å². The van der Waals surface area contributed by atoms with E-state index in [4.69, 9.17) is 0 Å². The number of carbonyl (C=O) groups is 1. The summed E-state index contributed by atoms with van der Waals surface area (Å²) in [5.41, 5.74) is 3.08. The molecule has 2 aromatic rings. The SMILES string of the molecule is O=C(O)c1ccc(CBr)cc1-c1ccccc1. The van der Waals surface area contributed by atoms with Crippen LogP contribution in [0.25, 0.3) is 11.1 Å². The van der Waals surface area contributed by atoms with E-state index in [1.165, 1.54) is 0 Å². The lowest BCUT2D eigenvalue weighted by Gasteiger charge is -2.08. The van der Waals surface area contributed by atoms with Crippen molar-refractivity contribution in [2.75, 3.05) is 0 Å². The Morgan fingerprint density at radius 1 is 1.12 bits per heavy atom. The third-order valence-electron chi connectivity index (χ3n) is 2.55. The number of aromatic carboxylic acids is 1. The van der Waals surface area contributed by atoms with E-state index in [1.807, 2.05) is 42.5 Å². The Kier molecular flexibility index (Phi) is 3.59. The van der Waals surface area contributed by atoms with Crippen LogP contribution in [0.15, 0.2) is 48.5 Å². The second-order valence-corrected chi connectivity index (χ2v) is 4.25. The smallest absolute Gasteiger partial charge is 0.336 e. The topological polar surface area (TPSA) is 37.3 Å². The Hall–Kier alpha value is -1.61. The molecule has 0 aromatic heterocycles. The van der Waals surface area contributed by atoms with Gasteiger partial charge in [-0.15, -0.1) is 0 Å². The number of carboxylic acid groups (broad SMARTS) is 1. The number of carboxylic acids is 1. The fraction of sp³-hybridized carbons (Fsp3) is 0.0714. The summed E-state index contributed by atoms with van der Waals surface area (Å²) in [5, 5.41) is 9.89. The van der Waals surface area contributed by atoms with Crippen molar-refractivity contribution in [1.82, 2.24) is 0 Å². The number of hydrogen-bond acceptors (Lipinski definition) is 1. The molecule has 0 radical (unpaired) electrons. The highest BCUT2D eigenvalue weighted by molar-refractivity contribution is 9.08. The van der Waals surface area contributed by atoms with E-state index in [0.29, 0.717) is 10.9 Å². The van der Waals surface area contributed by atoms with E-state index in [1.54, 1.807) is 6.07 Å². The molecule has 3 heteroatoms. The van der Waals surface area contributed by atoms with Crippen molar-refractivity contribution in [3.8, 4) is 11.1 Å². The van der Waals surface area contributed by atoms with Crippen molar-refractivity contribution < 1.29 is 9.90 Å². The quantitative estimate of drug-likeness (QED) is 0.869. The third kappa shape index (κ3) is 2.56. The van der Waals surface area contributed by atoms with Crippen LogP contribution >= 0.6 is 15.9 Å². The average molecular weight is 291 g/mol. The summed E-state index contributed by atoms with van der Waals surface area (Å²) in [6.07, 6.45) is 0. The summed E-state index contributed by atoms with van der Waals surface area (Å²) < 4.78 is 0. The van der Waals surface area contributed by atoms with Crippen molar-refractivity contribution in [2.45, 2.75) is 5.33 Å². The molecule has 2 rings (SSSR count). The maximum atomic E-state index is 11.2. The Labute approximate surface area is 108 Å². The molecule has 0 saturated carbocycles. The van der Waals surface area contributed by atoms with Gasteiger partial charge >= 0.3 is 5.97 Å². The minimum absolute atomic E-state index is 0.334. The zero-order chi connectivity index (χ0) is 12.3. The van der Waals surface area contributed by atoms with Crippen molar-refractivity contribution in [3.63, 3.8) is 0 Å². The van der Waals surface area contributed by atoms with Gasteiger partial charge in [0.25, 0.3) is 0 Å². The van der Waals surface area contributed by atoms with Gasteiger partial charge in [0.2, 0.25) is 0 Å². The molecule has 0 fully saturated rings. The number of benzene rings is 2. The monoisotopic (exact) mass is 290 g/mol. The molecule has 86 valence electrons. The Bertz CT molecular complexity index is 535. The molecule has 0 saturated heterocycles. The highest BCUT2D eigenvalue weighted by Crippen LogP contribution is 2.25. The molecule has 17 heavy (non-hydrogen) atoms. The van der Waals surface area contributed by atoms with E-state index >= 15 is 0 Å². The number of alkyl halides is 1. The largest absolute Gasteiger partial charge is 0.478 e. The zero-order valence-electron chi connectivity index (χ0n) is 9.06. The molecule has 0 atom stereocenters. The highest BCUT2D eigenvalue weighted by atomic mass is 79.9. The first-order chi connectivity index (χ1) is 8.22. The number of halogens is 1. The van der Waals surface area contributed by atoms with Crippen LogP contribution < -0.4 is 0 Å². The molecule has 1 N–H and O–H groups in total. The standard InChI is InChI=1S/C14H11BrO2/c15-9-10-6-7-12(14(16)17)13(8-10)11-4-2-1-3-5-11/h1-8H,9H2,(H,16,17). The van der Waals surface area contributed by atoms with Crippen LogP contribution in [-0.2, 0) is 5.33 Å². The van der Waals surface area contributed by atoms with Gasteiger partial charge in [0.15, 0.2) is 0 Å². The van der Waals surface area contributed by atoms with Crippen LogP contribution in [-0.4, -0.2) is 11.1 Å². The summed E-state index contributed by atoms with van der Waals surface area (Å²) in [6, 6.07) is 14.9. The minimum Gasteiger partial charge on any atom is -0.478 e. The molecule has 0 bridgehead atoms. The first-order valence-electron chi connectivity index (χ1n) is 5.20. The number of rotatable bonds is 3. The zero-order valence-corrected chi connectivity index (χ0v) is 10.6. The fourth-order valence-electron chi connectivity index (χ4n) is 1.72. The Morgan fingerprint density at radius 3 is 2.41 bits per heavy atom. The summed E-state index contributed by atoms with van der Waals surface area (Å²) >= 11 is 3.38. The normalized spacial score (nSPS) is 10.2. The maximum Gasteiger partial charge on any atom is 0.336 e. The lowest BCUT2D eigenvalue weighted by molar-refractivity contribution is 0.0698. The fourth-order valence-corrected chi connectivity index (χ4v) is 2.07. The average Bonchev–Trinajstić information content (AvgIpc) is 2.39. The van der Waals surface area contributed by atoms with Gasteiger partial charge < -0.3 is 5.11 Å². The van der Waals surface area contributed by atoms with Crippen LogP contribution in [0.3, 0.4) is 0 Å². The minimum atomic E-state index is -0.898. The van der Waals surface area contributed by atoms with E-state index in [-0.39, 0.29) is 0 Å². The van der Waals surface area contributed by atoms with E-state index in [2.05, 4.69) is 15.9 Å². The Morgan fingerprint density at radius 2 is 1.82 bits per heavy atom. The molecule has 2 aromatic carbocycles. The first kappa shape index (κ1) is 11.9. The second kappa shape index (κ2) is 5.15. The van der Waals surface area contributed by atoms with Gasteiger partial charge in [0, 0.05) is 5.33 Å². The van der Waals surface area contributed by atoms with Gasteiger partial charge in [-0.1, -0.05) is 52.3 Å². The summed E-state index contributed by atoms with van der Waals surface area (Å²) in [7, 11) is 0. The lowest BCUT2D eigenvalue weighted by atomic mass is 9.98. The maximum absolute atomic E-state index is 11.2. The van der Waals surface area contributed by atoms with E-state index in [9.17, 15) is 9.90 Å². The van der Waals surface area contributed by atoms with Gasteiger partial charge in [-0.2, -0.15) is 0 Å². The lowest BCUT2D eigenvalue weighted by Crippen LogP contribution is -2.00.